The van der Waals surface area contributed by atoms with Crippen molar-refractivity contribution in [3.05, 3.63) is 59.2 Å². The van der Waals surface area contributed by atoms with Gasteiger partial charge in [-0.1, -0.05) is 24.3 Å². The number of methoxy groups -OCH3 is 1. The molecule has 0 heterocycles. The lowest BCUT2D eigenvalue weighted by Crippen LogP contribution is -2.36. The maximum atomic E-state index is 12.7. The molecule has 2 aromatic rings. The highest BCUT2D eigenvalue weighted by Crippen LogP contribution is 2.25. The second-order valence-corrected chi connectivity index (χ2v) is 6.96. The van der Waals surface area contributed by atoms with Gasteiger partial charge in [-0.3, -0.25) is 0 Å². The maximum Gasteiger partial charge on any atom is 0.387 e. The van der Waals surface area contributed by atoms with Crippen LogP contribution in [0, 0.1) is 0 Å². The summed E-state index contributed by atoms with van der Waals surface area (Å²) in [5.74, 6) is 1.25. The van der Waals surface area contributed by atoms with Crippen LogP contribution in [0.25, 0.3) is 0 Å². The summed E-state index contributed by atoms with van der Waals surface area (Å²) in [4.78, 5) is 6.70. The molecule has 0 amide bonds. The molecule has 0 radical (unpaired) electrons. The zero-order valence-electron chi connectivity index (χ0n) is 18.3. The summed E-state index contributed by atoms with van der Waals surface area (Å²) in [5, 5.41) is 6.32. The SMILES string of the molecule is CCNC(=NCc1ccc(CN(C)C)cc1)NCc1cc(OC)ccc1OC(F)F.I. The summed E-state index contributed by atoms with van der Waals surface area (Å²) in [6.07, 6.45) is 0. The van der Waals surface area contributed by atoms with Crippen molar-refractivity contribution in [3.8, 4) is 11.5 Å². The van der Waals surface area contributed by atoms with E-state index in [2.05, 4.69) is 49.5 Å². The number of benzene rings is 2. The molecule has 31 heavy (non-hydrogen) atoms. The van der Waals surface area contributed by atoms with E-state index in [1.54, 1.807) is 12.1 Å². The molecule has 0 fully saturated rings. The van der Waals surface area contributed by atoms with Crippen molar-refractivity contribution in [1.29, 1.82) is 0 Å². The second kappa shape index (κ2) is 14.0. The molecule has 0 saturated carbocycles. The number of hydrogen-bond donors (Lipinski definition) is 2. The standard InChI is InChI=1S/C22H30F2N4O2.HI/c1-5-25-22(26-13-16-6-8-17(9-7-16)15-28(2)3)27-14-18-12-19(29-4)10-11-20(18)30-21(23)24;/h6-12,21H,5,13-15H2,1-4H3,(H2,25,26,27);1H. The summed E-state index contributed by atoms with van der Waals surface area (Å²) < 4.78 is 35.2. The highest BCUT2D eigenvalue weighted by Gasteiger charge is 2.11. The van der Waals surface area contributed by atoms with Crippen LogP contribution in [0.4, 0.5) is 8.78 Å². The molecule has 0 aromatic heterocycles. The van der Waals surface area contributed by atoms with E-state index < -0.39 is 6.61 Å². The van der Waals surface area contributed by atoms with Crippen molar-refractivity contribution in [2.24, 2.45) is 4.99 Å². The minimum absolute atomic E-state index is 0. The predicted octanol–water partition coefficient (Wildman–Crippen LogP) is 4.23. The Kier molecular flexibility index (Phi) is 12.2. The summed E-state index contributed by atoms with van der Waals surface area (Å²) in [5.41, 5.74) is 2.87. The number of hydrogen-bond acceptors (Lipinski definition) is 4. The molecule has 172 valence electrons. The molecule has 0 aliphatic carbocycles. The van der Waals surface area contributed by atoms with E-state index in [9.17, 15) is 8.78 Å². The molecule has 0 atom stereocenters. The van der Waals surface area contributed by atoms with Crippen molar-refractivity contribution in [2.75, 3.05) is 27.7 Å². The van der Waals surface area contributed by atoms with Crippen molar-refractivity contribution < 1.29 is 18.3 Å². The van der Waals surface area contributed by atoms with Crippen LogP contribution in [0.2, 0.25) is 0 Å². The molecule has 6 nitrogen and oxygen atoms in total. The van der Waals surface area contributed by atoms with Crippen LogP contribution in [-0.4, -0.2) is 45.2 Å². The second-order valence-electron chi connectivity index (χ2n) is 6.96. The Labute approximate surface area is 200 Å². The van der Waals surface area contributed by atoms with Gasteiger partial charge in [0.25, 0.3) is 0 Å². The van der Waals surface area contributed by atoms with Crippen molar-refractivity contribution >= 4 is 29.9 Å². The molecule has 2 N–H and O–H groups in total. The van der Waals surface area contributed by atoms with Gasteiger partial charge in [-0.05, 0) is 50.3 Å². The van der Waals surface area contributed by atoms with Crippen LogP contribution in [0.3, 0.4) is 0 Å². The minimum atomic E-state index is -2.89. The Morgan fingerprint density at radius 2 is 1.74 bits per heavy atom. The monoisotopic (exact) mass is 548 g/mol. The first-order valence-electron chi connectivity index (χ1n) is 9.77. The fourth-order valence-corrected chi connectivity index (χ4v) is 2.84. The Bertz CT molecular complexity index is 818. The van der Waals surface area contributed by atoms with E-state index in [-0.39, 0.29) is 36.3 Å². The van der Waals surface area contributed by atoms with Crippen LogP contribution in [0.1, 0.15) is 23.6 Å². The zero-order valence-corrected chi connectivity index (χ0v) is 20.7. The molecule has 0 unspecified atom stereocenters. The summed E-state index contributed by atoms with van der Waals surface area (Å²) >= 11 is 0. The molecular weight excluding hydrogens is 517 g/mol. The average molecular weight is 548 g/mol. The van der Waals surface area contributed by atoms with Crippen LogP contribution >= 0.6 is 24.0 Å². The van der Waals surface area contributed by atoms with E-state index in [0.29, 0.717) is 30.4 Å². The first-order chi connectivity index (χ1) is 14.4. The van der Waals surface area contributed by atoms with Gasteiger partial charge in [0.1, 0.15) is 11.5 Å². The molecular formula is C22H31F2IN4O2. The van der Waals surface area contributed by atoms with Gasteiger partial charge in [-0.25, -0.2) is 4.99 Å². The largest absolute Gasteiger partial charge is 0.497 e. The highest BCUT2D eigenvalue weighted by molar-refractivity contribution is 14.0. The summed E-state index contributed by atoms with van der Waals surface area (Å²) in [7, 11) is 5.59. The molecule has 2 aromatic carbocycles. The van der Waals surface area contributed by atoms with Crippen molar-refractivity contribution in [2.45, 2.75) is 33.2 Å². The smallest absolute Gasteiger partial charge is 0.387 e. The van der Waals surface area contributed by atoms with Gasteiger partial charge in [-0.15, -0.1) is 24.0 Å². The van der Waals surface area contributed by atoms with E-state index in [1.165, 1.54) is 18.7 Å². The van der Waals surface area contributed by atoms with Gasteiger partial charge < -0.3 is 25.0 Å². The number of guanidine groups is 1. The number of rotatable bonds is 10. The normalized spacial score (nSPS) is 11.3. The third-order valence-electron chi connectivity index (χ3n) is 4.22. The predicted molar refractivity (Wildman–Crippen MR) is 131 cm³/mol. The quantitative estimate of drug-likeness (QED) is 0.265. The van der Waals surface area contributed by atoms with Gasteiger partial charge in [0, 0.05) is 25.2 Å². The van der Waals surface area contributed by atoms with Crippen LogP contribution in [0.15, 0.2) is 47.5 Å². The Balaban J connectivity index is 0.00000480. The lowest BCUT2D eigenvalue weighted by molar-refractivity contribution is -0.0504. The summed E-state index contributed by atoms with van der Waals surface area (Å²) in [6, 6.07) is 13.0. The fraction of sp³-hybridized carbons (Fsp3) is 0.409. The summed E-state index contributed by atoms with van der Waals surface area (Å²) in [6.45, 7) is 1.38. The van der Waals surface area contributed by atoms with Gasteiger partial charge in [0.2, 0.25) is 0 Å². The fourth-order valence-electron chi connectivity index (χ4n) is 2.84. The Hall–Kier alpha value is -2.14. The van der Waals surface area contributed by atoms with Crippen molar-refractivity contribution in [1.82, 2.24) is 15.5 Å². The highest BCUT2D eigenvalue weighted by atomic mass is 127. The maximum absolute atomic E-state index is 12.7. The van der Waals surface area contributed by atoms with Crippen LogP contribution in [0.5, 0.6) is 11.5 Å². The zero-order chi connectivity index (χ0) is 21.9. The third kappa shape index (κ3) is 9.69. The first-order valence-corrected chi connectivity index (χ1v) is 9.77. The lowest BCUT2D eigenvalue weighted by Gasteiger charge is -2.15. The van der Waals surface area contributed by atoms with Gasteiger partial charge in [-0.2, -0.15) is 8.78 Å². The van der Waals surface area contributed by atoms with Gasteiger partial charge in [0.15, 0.2) is 5.96 Å². The van der Waals surface area contributed by atoms with Crippen molar-refractivity contribution in [3.63, 3.8) is 0 Å². The number of nitrogens with zero attached hydrogens (tertiary/aromatic N) is 2. The number of aliphatic imine (C=N–C) groups is 1. The van der Waals surface area contributed by atoms with Gasteiger partial charge in [0.05, 0.1) is 13.7 Å². The molecule has 0 aliphatic rings. The first kappa shape index (κ1) is 26.9. The third-order valence-corrected chi connectivity index (χ3v) is 4.22. The number of alkyl halides is 2. The molecule has 0 bridgehead atoms. The average Bonchev–Trinajstić information content (AvgIpc) is 2.71. The molecule has 2 rings (SSSR count). The minimum Gasteiger partial charge on any atom is -0.497 e. The molecule has 0 aliphatic heterocycles. The van der Waals surface area contributed by atoms with E-state index in [1.807, 2.05) is 21.0 Å². The van der Waals surface area contributed by atoms with Gasteiger partial charge >= 0.3 is 6.61 Å². The van der Waals surface area contributed by atoms with E-state index in [4.69, 9.17) is 4.74 Å². The number of nitrogens with one attached hydrogen (secondary N) is 2. The topological polar surface area (TPSA) is 58.1 Å². The molecule has 0 spiro atoms. The Morgan fingerprint density at radius 1 is 1.06 bits per heavy atom. The molecule has 0 saturated heterocycles. The molecule has 9 heteroatoms. The van der Waals surface area contributed by atoms with E-state index in [0.717, 1.165) is 12.1 Å². The Morgan fingerprint density at radius 3 is 2.32 bits per heavy atom. The van der Waals surface area contributed by atoms with Crippen LogP contribution < -0.4 is 20.1 Å². The van der Waals surface area contributed by atoms with E-state index >= 15 is 0 Å². The number of ether oxygens (including phenoxy) is 2. The van der Waals surface area contributed by atoms with Crippen LogP contribution in [-0.2, 0) is 19.6 Å². The number of halogens is 3. The lowest BCUT2D eigenvalue weighted by atomic mass is 10.1.